The SMILES string of the molecule is CC(C(=O)O)c1ncccn1.CC(CO)c1ncccn1. The summed E-state index contributed by atoms with van der Waals surface area (Å²) >= 11 is 0. The first-order valence-corrected chi connectivity index (χ1v) is 6.43. The first-order valence-electron chi connectivity index (χ1n) is 6.43. The van der Waals surface area contributed by atoms with Crippen LogP contribution in [0.25, 0.3) is 0 Å². The Morgan fingerprint density at radius 3 is 1.81 bits per heavy atom. The van der Waals surface area contributed by atoms with Crippen LogP contribution in [0.15, 0.2) is 36.9 Å². The van der Waals surface area contributed by atoms with Crippen molar-refractivity contribution in [2.24, 2.45) is 0 Å². The second kappa shape index (κ2) is 8.70. The fourth-order valence-corrected chi connectivity index (χ4v) is 1.29. The summed E-state index contributed by atoms with van der Waals surface area (Å²) in [6, 6.07) is 3.41. The van der Waals surface area contributed by atoms with Crippen molar-refractivity contribution in [2.75, 3.05) is 6.61 Å². The molecule has 0 fully saturated rings. The fourth-order valence-electron chi connectivity index (χ4n) is 1.29. The molecular weight excluding hydrogens is 272 g/mol. The van der Waals surface area contributed by atoms with Gasteiger partial charge in [-0.25, -0.2) is 19.9 Å². The highest BCUT2D eigenvalue weighted by Crippen LogP contribution is 2.07. The third-order valence-electron chi connectivity index (χ3n) is 2.64. The highest BCUT2D eigenvalue weighted by Gasteiger charge is 2.15. The van der Waals surface area contributed by atoms with Crippen molar-refractivity contribution in [3.8, 4) is 0 Å². The van der Waals surface area contributed by atoms with Crippen LogP contribution in [0.4, 0.5) is 0 Å². The van der Waals surface area contributed by atoms with Gasteiger partial charge in [0.2, 0.25) is 0 Å². The zero-order valence-electron chi connectivity index (χ0n) is 11.9. The summed E-state index contributed by atoms with van der Waals surface area (Å²) in [7, 11) is 0. The minimum absolute atomic E-state index is 0.0428. The van der Waals surface area contributed by atoms with Crippen molar-refractivity contribution >= 4 is 5.97 Å². The zero-order chi connectivity index (χ0) is 15.7. The molecule has 2 aromatic heterocycles. The number of carbonyl (C=O) groups is 1. The number of hydrogen-bond donors (Lipinski definition) is 2. The average Bonchev–Trinajstić information content (AvgIpc) is 2.55. The van der Waals surface area contributed by atoms with Gasteiger partial charge in [0.15, 0.2) is 0 Å². The summed E-state index contributed by atoms with van der Waals surface area (Å²) in [4.78, 5) is 26.0. The van der Waals surface area contributed by atoms with Crippen LogP contribution < -0.4 is 0 Å². The van der Waals surface area contributed by atoms with E-state index in [0.29, 0.717) is 11.6 Å². The first kappa shape index (κ1) is 16.6. The van der Waals surface area contributed by atoms with Gasteiger partial charge in [0.1, 0.15) is 17.6 Å². The summed E-state index contributed by atoms with van der Waals surface area (Å²) in [5.74, 6) is -0.446. The highest BCUT2D eigenvalue weighted by molar-refractivity contribution is 5.74. The van der Waals surface area contributed by atoms with Crippen LogP contribution in [0.1, 0.15) is 37.3 Å². The van der Waals surface area contributed by atoms with Gasteiger partial charge in [-0.3, -0.25) is 4.79 Å². The Labute approximate surface area is 122 Å². The van der Waals surface area contributed by atoms with Crippen LogP contribution in [0.3, 0.4) is 0 Å². The quantitative estimate of drug-likeness (QED) is 0.871. The molecule has 7 nitrogen and oxygen atoms in total. The summed E-state index contributed by atoms with van der Waals surface area (Å²) in [5, 5.41) is 17.3. The third kappa shape index (κ3) is 5.62. The Bertz CT molecular complexity index is 536. The molecule has 0 aromatic carbocycles. The van der Waals surface area contributed by atoms with Gasteiger partial charge < -0.3 is 10.2 Å². The number of aliphatic carboxylic acids is 1. The Balaban J connectivity index is 0.000000211. The lowest BCUT2D eigenvalue weighted by molar-refractivity contribution is -0.138. The standard InChI is InChI=1S/C7H8N2O2.C7H10N2O/c1-5(7(10)11)6-8-3-2-4-9-6;1-6(5-10)7-8-3-2-4-9-7/h2-5H,1H3,(H,10,11);2-4,6,10H,5H2,1H3. The fraction of sp³-hybridized carbons (Fsp3) is 0.357. The molecule has 0 saturated heterocycles. The first-order chi connectivity index (χ1) is 10.1. The number of rotatable bonds is 4. The average molecular weight is 290 g/mol. The molecule has 0 bridgehead atoms. The molecule has 2 atom stereocenters. The molecule has 0 saturated carbocycles. The van der Waals surface area contributed by atoms with Crippen LogP contribution in [0.5, 0.6) is 0 Å². The molecule has 0 aliphatic rings. The number of aromatic nitrogens is 4. The maximum atomic E-state index is 10.4. The lowest BCUT2D eigenvalue weighted by Crippen LogP contribution is -2.10. The Morgan fingerprint density at radius 2 is 1.43 bits per heavy atom. The molecule has 0 spiro atoms. The van der Waals surface area contributed by atoms with Crippen LogP contribution >= 0.6 is 0 Å². The van der Waals surface area contributed by atoms with Crippen molar-refractivity contribution in [3.63, 3.8) is 0 Å². The van der Waals surface area contributed by atoms with E-state index in [-0.39, 0.29) is 12.5 Å². The van der Waals surface area contributed by atoms with Crippen molar-refractivity contribution in [1.29, 1.82) is 0 Å². The largest absolute Gasteiger partial charge is 0.481 e. The van der Waals surface area contributed by atoms with Crippen LogP contribution in [-0.4, -0.2) is 42.7 Å². The minimum Gasteiger partial charge on any atom is -0.481 e. The molecule has 0 aliphatic carbocycles. The van der Waals surface area contributed by atoms with E-state index < -0.39 is 11.9 Å². The van der Waals surface area contributed by atoms with Gasteiger partial charge in [-0.1, -0.05) is 6.92 Å². The topological polar surface area (TPSA) is 109 Å². The monoisotopic (exact) mass is 290 g/mol. The Kier molecular flexibility index (Phi) is 6.90. The third-order valence-corrected chi connectivity index (χ3v) is 2.64. The number of nitrogens with zero attached hydrogens (tertiary/aromatic N) is 4. The number of carboxylic acid groups (broad SMARTS) is 1. The molecule has 21 heavy (non-hydrogen) atoms. The molecule has 2 unspecified atom stereocenters. The van der Waals surface area contributed by atoms with Crippen molar-refractivity contribution < 1.29 is 15.0 Å². The van der Waals surface area contributed by atoms with E-state index in [1.165, 1.54) is 12.4 Å². The smallest absolute Gasteiger partial charge is 0.313 e. The van der Waals surface area contributed by atoms with Crippen molar-refractivity contribution in [3.05, 3.63) is 48.6 Å². The van der Waals surface area contributed by atoms with Crippen LogP contribution in [0.2, 0.25) is 0 Å². The lowest BCUT2D eigenvalue weighted by atomic mass is 10.2. The molecule has 0 aliphatic heterocycles. The maximum absolute atomic E-state index is 10.4. The predicted molar refractivity (Wildman–Crippen MR) is 75.6 cm³/mol. The molecule has 112 valence electrons. The van der Waals surface area contributed by atoms with Gasteiger partial charge >= 0.3 is 5.97 Å². The number of carboxylic acids is 1. The second-order valence-electron chi connectivity index (χ2n) is 4.36. The molecule has 0 amide bonds. The summed E-state index contributed by atoms with van der Waals surface area (Å²) in [6.45, 7) is 3.54. The summed E-state index contributed by atoms with van der Waals surface area (Å²) < 4.78 is 0. The Morgan fingerprint density at radius 1 is 1.00 bits per heavy atom. The van der Waals surface area contributed by atoms with Gasteiger partial charge in [0.25, 0.3) is 0 Å². The molecule has 2 rings (SSSR count). The minimum atomic E-state index is -0.906. The van der Waals surface area contributed by atoms with Gasteiger partial charge in [-0.2, -0.15) is 0 Å². The number of aliphatic hydroxyl groups excluding tert-OH is 1. The van der Waals surface area contributed by atoms with Crippen molar-refractivity contribution in [2.45, 2.75) is 25.7 Å². The zero-order valence-corrected chi connectivity index (χ0v) is 11.9. The number of hydrogen-bond acceptors (Lipinski definition) is 6. The van der Waals surface area contributed by atoms with Gasteiger partial charge in [0.05, 0.1) is 6.61 Å². The van der Waals surface area contributed by atoms with Crippen LogP contribution in [0, 0.1) is 0 Å². The normalized spacial score (nSPS) is 12.7. The molecule has 7 heteroatoms. The molecular formula is C14H18N4O3. The van der Waals surface area contributed by atoms with E-state index in [1.54, 1.807) is 31.5 Å². The van der Waals surface area contributed by atoms with E-state index in [0.717, 1.165) is 0 Å². The van der Waals surface area contributed by atoms with Gasteiger partial charge in [-0.05, 0) is 19.1 Å². The second-order valence-corrected chi connectivity index (χ2v) is 4.36. The Hall–Kier alpha value is -2.41. The molecule has 2 aromatic rings. The van der Waals surface area contributed by atoms with E-state index in [2.05, 4.69) is 19.9 Å². The van der Waals surface area contributed by atoms with Gasteiger partial charge in [0, 0.05) is 30.7 Å². The van der Waals surface area contributed by atoms with Crippen molar-refractivity contribution in [1.82, 2.24) is 19.9 Å². The van der Waals surface area contributed by atoms with E-state index in [1.807, 2.05) is 6.92 Å². The molecule has 0 radical (unpaired) electrons. The maximum Gasteiger partial charge on any atom is 0.313 e. The van der Waals surface area contributed by atoms with E-state index in [9.17, 15) is 4.79 Å². The molecule has 2 N–H and O–H groups in total. The highest BCUT2D eigenvalue weighted by atomic mass is 16.4. The van der Waals surface area contributed by atoms with Gasteiger partial charge in [-0.15, -0.1) is 0 Å². The van der Waals surface area contributed by atoms with E-state index in [4.69, 9.17) is 10.2 Å². The summed E-state index contributed by atoms with van der Waals surface area (Å²) in [6.07, 6.45) is 6.41. The summed E-state index contributed by atoms with van der Waals surface area (Å²) in [5.41, 5.74) is 0. The predicted octanol–water partition coefficient (Wildman–Crippen LogP) is 1.24. The van der Waals surface area contributed by atoms with E-state index >= 15 is 0 Å². The number of aliphatic hydroxyl groups is 1. The molecule has 2 heterocycles. The lowest BCUT2D eigenvalue weighted by Gasteiger charge is -2.03. The van der Waals surface area contributed by atoms with Crippen LogP contribution in [-0.2, 0) is 4.79 Å².